The SMILES string of the molecule is O=C(Nc1ccc(-n2cnc3ccccc32)cc1)c1ccc([N+](=O)[O-])cc1. The summed E-state index contributed by atoms with van der Waals surface area (Å²) in [6.07, 6.45) is 1.76. The molecule has 7 nitrogen and oxygen atoms in total. The third kappa shape index (κ3) is 3.25. The second kappa shape index (κ2) is 6.72. The summed E-state index contributed by atoms with van der Waals surface area (Å²) >= 11 is 0. The van der Waals surface area contributed by atoms with E-state index in [4.69, 9.17) is 0 Å². The maximum Gasteiger partial charge on any atom is 0.269 e. The van der Waals surface area contributed by atoms with Gasteiger partial charge in [-0.1, -0.05) is 12.1 Å². The molecule has 7 heteroatoms. The first-order chi connectivity index (χ1) is 13.1. The zero-order valence-corrected chi connectivity index (χ0v) is 14.1. The zero-order valence-electron chi connectivity index (χ0n) is 14.1. The van der Waals surface area contributed by atoms with E-state index in [2.05, 4.69) is 10.3 Å². The molecule has 0 radical (unpaired) electrons. The van der Waals surface area contributed by atoms with Crippen LogP contribution in [0.15, 0.2) is 79.1 Å². The van der Waals surface area contributed by atoms with Gasteiger partial charge >= 0.3 is 0 Å². The highest BCUT2D eigenvalue weighted by atomic mass is 16.6. The van der Waals surface area contributed by atoms with Crippen molar-refractivity contribution in [2.75, 3.05) is 5.32 Å². The maximum absolute atomic E-state index is 12.3. The second-order valence-corrected chi connectivity index (χ2v) is 5.91. The van der Waals surface area contributed by atoms with Crippen molar-refractivity contribution in [2.45, 2.75) is 0 Å². The molecule has 1 N–H and O–H groups in total. The van der Waals surface area contributed by atoms with Crippen molar-refractivity contribution in [3.63, 3.8) is 0 Å². The van der Waals surface area contributed by atoms with Gasteiger partial charge in [-0.3, -0.25) is 19.5 Å². The number of rotatable bonds is 4. The van der Waals surface area contributed by atoms with Crippen LogP contribution >= 0.6 is 0 Å². The molecule has 0 bridgehead atoms. The Hall–Kier alpha value is -4.00. The second-order valence-electron chi connectivity index (χ2n) is 5.91. The van der Waals surface area contributed by atoms with Gasteiger partial charge in [0.2, 0.25) is 0 Å². The van der Waals surface area contributed by atoms with Gasteiger partial charge < -0.3 is 5.32 Å². The smallest absolute Gasteiger partial charge is 0.269 e. The molecule has 0 saturated carbocycles. The van der Waals surface area contributed by atoms with Crippen molar-refractivity contribution in [3.8, 4) is 5.69 Å². The monoisotopic (exact) mass is 358 g/mol. The van der Waals surface area contributed by atoms with E-state index in [1.54, 1.807) is 18.5 Å². The number of carbonyl (C=O) groups is 1. The minimum Gasteiger partial charge on any atom is -0.322 e. The van der Waals surface area contributed by atoms with Crippen LogP contribution in [-0.4, -0.2) is 20.4 Å². The first kappa shape index (κ1) is 16.5. The number of fused-ring (bicyclic) bond motifs is 1. The predicted molar refractivity (Wildman–Crippen MR) is 102 cm³/mol. The largest absolute Gasteiger partial charge is 0.322 e. The molecule has 27 heavy (non-hydrogen) atoms. The molecule has 0 fully saturated rings. The Balaban J connectivity index is 1.52. The molecule has 0 atom stereocenters. The predicted octanol–water partition coefficient (Wildman–Crippen LogP) is 4.19. The average molecular weight is 358 g/mol. The van der Waals surface area contributed by atoms with Crippen LogP contribution in [0.1, 0.15) is 10.4 Å². The van der Waals surface area contributed by atoms with Gasteiger partial charge in [0.1, 0.15) is 6.33 Å². The fourth-order valence-electron chi connectivity index (χ4n) is 2.81. The van der Waals surface area contributed by atoms with E-state index >= 15 is 0 Å². The summed E-state index contributed by atoms with van der Waals surface area (Å²) < 4.78 is 1.97. The summed E-state index contributed by atoms with van der Waals surface area (Å²) in [7, 11) is 0. The molecule has 0 spiro atoms. The number of hydrogen-bond acceptors (Lipinski definition) is 4. The molecular formula is C20H14N4O3. The van der Waals surface area contributed by atoms with E-state index < -0.39 is 4.92 Å². The normalized spacial score (nSPS) is 10.7. The number of benzene rings is 3. The topological polar surface area (TPSA) is 90.1 Å². The average Bonchev–Trinajstić information content (AvgIpc) is 3.13. The first-order valence-corrected chi connectivity index (χ1v) is 8.20. The quantitative estimate of drug-likeness (QED) is 0.437. The molecule has 4 rings (SSSR count). The highest BCUT2D eigenvalue weighted by Gasteiger charge is 2.10. The minimum absolute atomic E-state index is 0.0524. The number of aromatic nitrogens is 2. The Labute approximate surface area is 154 Å². The fraction of sp³-hybridized carbons (Fsp3) is 0. The maximum atomic E-state index is 12.3. The molecule has 4 aromatic rings. The van der Waals surface area contributed by atoms with Crippen molar-refractivity contribution >= 4 is 28.3 Å². The molecule has 1 aromatic heterocycles. The zero-order chi connectivity index (χ0) is 18.8. The van der Waals surface area contributed by atoms with Crippen LogP contribution in [0, 0.1) is 10.1 Å². The number of nitro groups is 1. The summed E-state index contributed by atoms with van der Waals surface area (Å²) in [5, 5.41) is 13.5. The number of nitro benzene ring substituents is 1. The summed E-state index contributed by atoms with van der Waals surface area (Å²) in [5.41, 5.74) is 3.77. The number of amides is 1. The fourth-order valence-corrected chi connectivity index (χ4v) is 2.81. The molecule has 0 aliphatic heterocycles. The van der Waals surface area contributed by atoms with Crippen molar-refractivity contribution in [3.05, 3.63) is 94.8 Å². The highest BCUT2D eigenvalue weighted by molar-refractivity contribution is 6.04. The lowest BCUT2D eigenvalue weighted by Crippen LogP contribution is -2.11. The number of nitrogens with one attached hydrogen (secondary N) is 1. The Kier molecular flexibility index (Phi) is 4.10. The minimum atomic E-state index is -0.500. The van der Waals surface area contributed by atoms with Crippen molar-refractivity contribution in [2.24, 2.45) is 0 Å². The highest BCUT2D eigenvalue weighted by Crippen LogP contribution is 2.20. The molecule has 0 aliphatic carbocycles. The van der Waals surface area contributed by atoms with Crippen LogP contribution in [0.3, 0.4) is 0 Å². The molecule has 3 aromatic carbocycles. The number of para-hydroxylation sites is 2. The van der Waals surface area contributed by atoms with Crippen LogP contribution in [-0.2, 0) is 0 Å². The van der Waals surface area contributed by atoms with Crippen molar-refractivity contribution in [1.82, 2.24) is 9.55 Å². The van der Waals surface area contributed by atoms with Gasteiger partial charge in [0.05, 0.1) is 16.0 Å². The van der Waals surface area contributed by atoms with Crippen LogP contribution in [0.2, 0.25) is 0 Å². The standard InChI is InChI=1S/C20H14N4O3/c25-20(14-5-9-17(10-6-14)24(26)27)22-15-7-11-16(12-8-15)23-13-21-18-3-1-2-4-19(18)23/h1-13H,(H,22,25). The molecule has 0 unspecified atom stereocenters. The van der Waals surface area contributed by atoms with Gasteiger partial charge in [-0.2, -0.15) is 0 Å². The van der Waals surface area contributed by atoms with Crippen LogP contribution < -0.4 is 5.32 Å². The number of non-ortho nitro benzene ring substituents is 1. The number of nitrogens with zero attached hydrogens (tertiary/aromatic N) is 3. The third-order valence-electron chi connectivity index (χ3n) is 4.20. The Morgan fingerprint density at radius 3 is 2.37 bits per heavy atom. The molecule has 1 heterocycles. The molecule has 0 saturated heterocycles. The van der Waals surface area contributed by atoms with Crippen molar-refractivity contribution in [1.29, 1.82) is 0 Å². The van der Waals surface area contributed by atoms with E-state index in [1.165, 1.54) is 24.3 Å². The Bertz CT molecular complexity index is 1130. The van der Waals surface area contributed by atoms with Crippen LogP contribution in [0.4, 0.5) is 11.4 Å². The first-order valence-electron chi connectivity index (χ1n) is 8.20. The van der Waals surface area contributed by atoms with E-state index in [0.717, 1.165) is 16.7 Å². The summed E-state index contributed by atoms with van der Waals surface area (Å²) in [6.45, 7) is 0. The van der Waals surface area contributed by atoms with Gasteiger partial charge in [0.15, 0.2) is 0 Å². The van der Waals surface area contributed by atoms with E-state index in [0.29, 0.717) is 11.3 Å². The third-order valence-corrected chi connectivity index (χ3v) is 4.20. The van der Waals surface area contributed by atoms with E-state index in [-0.39, 0.29) is 11.6 Å². The molecule has 132 valence electrons. The lowest BCUT2D eigenvalue weighted by Gasteiger charge is -2.08. The summed E-state index contributed by atoms with van der Waals surface area (Å²) in [6, 6.07) is 20.7. The number of anilines is 1. The lowest BCUT2D eigenvalue weighted by atomic mass is 10.2. The number of carbonyl (C=O) groups excluding carboxylic acids is 1. The van der Waals surface area contributed by atoms with Crippen LogP contribution in [0.5, 0.6) is 0 Å². The lowest BCUT2D eigenvalue weighted by molar-refractivity contribution is -0.384. The van der Waals surface area contributed by atoms with Gasteiger partial charge in [-0.05, 0) is 48.5 Å². The van der Waals surface area contributed by atoms with Gasteiger partial charge in [-0.15, -0.1) is 0 Å². The molecule has 0 aliphatic rings. The molecule has 1 amide bonds. The summed E-state index contributed by atoms with van der Waals surface area (Å²) in [5.74, 6) is -0.328. The van der Waals surface area contributed by atoms with Crippen LogP contribution in [0.25, 0.3) is 16.7 Å². The Morgan fingerprint density at radius 2 is 1.67 bits per heavy atom. The van der Waals surface area contributed by atoms with Gasteiger partial charge in [0, 0.05) is 29.1 Å². The van der Waals surface area contributed by atoms with Gasteiger partial charge in [0.25, 0.3) is 11.6 Å². The molecular weight excluding hydrogens is 344 g/mol. The van der Waals surface area contributed by atoms with Crippen molar-refractivity contribution < 1.29 is 9.72 Å². The van der Waals surface area contributed by atoms with E-state index in [9.17, 15) is 14.9 Å². The number of imidazole rings is 1. The Morgan fingerprint density at radius 1 is 0.963 bits per heavy atom. The summed E-state index contributed by atoms with van der Waals surface area (Å²) in [4.78, 5) is 26.8. The number of hydrogen-bond donors (Lipinski definition) is 1. The van der Waals surface area contributed by atoms with Gasteiger partial charge in [-0.25, -0.2) is 4.98 Å². The van der Waals surface area contributed by atoms with E-state index in [1.807, 2.05) is 41.0 Å².